The van der Waals surface area contributed by atoms with E-state index in [4.69, 9.17) is 14.9 Å². The van der Waals surface area contributed by atoms with Gasteiger partial charge in [0, 0.05) is 10.0 Å². The summed E-state index contributed by atoms with van der Waals surface area (Å²) in [6, 6.07) is 12.1. The van der Waals surface area contributed by atoms with Gasteiger partial charge in [-0.1, -0.05) is 28.1 Å². The van der Waals surface area contributed by atoms with Crippen LogP contribution in [0.1, 0.15) is 17.2 Å². The van der Waals surface area contributed by atoms with Crippen LogP contribution in [0.3, 0.4) is 0 Å². The van der Waals surface area contributed by atoms with Crippen LogP contribution in [0.4, 0.5) is 5.88 Å². The van der Waals surface area contributed by atoms with Gasteiger partial charge >= 0.3 is 5.88 Å². The zero-order chi connectivity index (χ0) is 19.1. The summed E-state index contributed by atoms with van der Waals surface area (Å²) in [5.74, 6) is -0.950. The Bertz CT molecular complexity index is 1120. The minimum absolute atomic E-state index is 0.0894. The highest BCUT2D eigenvalue weighted by atomic mass is 79.9. The Balaban J connectivity index is 1.92. The van der Waals surface area contributed by atoms with E-state index in [0.29, 0.717) is 11.3 Å². The number of aromatic nitrogens is 2. The number of nitro groups is 1. The lowest BCUT2D eigenvalue weighted by molar-refractivity contribution is -0.402. The molecule has 0 radical (unpaired) electrons. The van der Waals surface area contributed by atoms with Gasteiger partial charge in [-0.25, -0.2) is 0 Å². The number of aromatic amines is 1. The summed E-state index contributed by atoms with van der Waals surface area (Å²) in [6.45, 7) is 0. The van der Waals surface area contributed by atoms with Crippen LogP contribution in [-0.2, 0) is 0 Å². The van der Waals surface area contributed by atoms with Crippen LogP contribution in [0.15, 0.2) is 56.7 Å². The number of H-pyrrole nitrogens is 1. The van der Waals surface area contributed by atoms with Gasteiger partial charge in [-0.05, 0) is 18.2 Å². The number of nitriles is 1. The molecule has 0 amide bonds. The summed E-state index contributed by atoms with van der Waals surface area (Å²) in [5, 5.41) is 27.6. The molecule has 0 unspecified atom stereocenters. The molecule has 2 aromatic heterocycles. The Kier molecular flexibility index (Phi) is 3.93. The maximum atomic E-state index is 11.0. The molecular formula is C17H10BrN5O4. The Labute approximate surface area is 160 Å². The predicted octanol–water partition coefficient (Wildman–Crippen LogP) is 3.56. The fourth-order valence-corrected chi connectivity index (χ4v) is 3.23. The second-order valence-electron chi connectivity index (χ2n) is 5.68. The van der Waals surface area contributed by atoms with E-state index in [2.05, 4.69) is 26.1 Å². The SMILES string of the molecule is N#CC1=C(N)Oc2n[nH]c(-c3ccc(Br)cc3)c2[C@@H]1c1ccc([N+](=O)[O-])o1. The summed E-state index contributed by atoms with van der Waals surface area (Å²) in [6.07, 6.45) is 0. The van der Waals surface area contributed by atoms with Gasteiger partial charge in [0.25, 0.3) is 0 Å². The van der Waals surface area contributed by atoms with E-state index < -0.39 is 16.7 Å². The Morgan fingerprint density at radius 2 is 2.04 bits per heavy atom. The summed E-state index contributed by atoms with van der Waals surface area (Å²) in [4.78, 5) is 10.3. The number of benzene rings is 1. The van der Waals surface area contributed by atoms with Crippen molar-refractivity contribution in [2.75, 3.05) is 0 Å². The smallest absolute Gasteiger partial charge is 0.420 e. The van der Waals surface area contributed by atoms with Crippen molar-refractivity contribution < 1.29 is 14.1 Å². The Hall–Kier alpha value is -3.58. The fraction of sp³-hybridized carbons (Fsp3) is 0.0588. The third-order valence-corrected chi connectivity index (χ3v) is 4.68. The zero-order valence-electron chi connectivity index (χ0n) is 13.5. The fourth-order valence-electron chi connectivity index (χ4n) is 2.96. The van der Waals surface area contributed by atoms with E-state index in [1.54, 1.807) is 0 Å². The van der Waals surface area contributed by atoms with Crippen LogP contribution in [0, 0.1) is 21.4 Å². The van der Waals surface area contributed by atoms with Gasteiger partial charge in [-0.3, -0.25) is 15.2 Å². The lowest BCUT2D eigenvalue weighted by Crippen LogP contribution is -2.20. The summed E-state index contributed by atoms with van der Waals surface area (Å²) < 4.78 is 11.7. The molecule has 27 heavy (non-hydrogen) atoms. The third kappa shape index (κ3) is 2.74. The maximum Gasteiger partial charge on any atom is 0.433 e. The molecule has 0 fully saturated rings. The number of nitrogens with zero attached hydrogens (tertiary/aromatic N) is 3. The molecule has 3 aromatic rings. The first-order chi connectivity index (χ1) is 13.0. The molecule has 9 nitrogen and oxygen atoms in total. The number of nitrogens with one attached hydrogen (secondary N) is 1. The van der Waals surface area contributed by atoms with Crippen molar-refractivity contribution in [1.29, 1.82) is 5.26 Å². The van der Waals surface area contributed by atoms with Crippen molar-refractivity contribution >= 4 is 21.8 Å². The van der Waals surface area contributed by atoms with Crippen LogP contribution < -0.4 is 10.5 Å². The van der Waals surface area contributed by atoms with E-state index in [-0.39, 0.29) is 23.1 Å². The molecule has 134 valence electrons. The largest absolute Gasteiger partial charge is 0.433 e. The molecule has 0 bridgehead atoms. The number of furan rings is 1. The molecule has 4 rings (SSSR count). The minimum atomic E-state index is -0.787. The Morgan fingerprint density at radius 3 is 2.67 bits per heavy atom. The first-order valence-corrected chi connectivity index (χ1v) is 8.44. The third-order valence-electron chi connectivity index (χ3n) is 4.15. The van der Waals surface area contributed by atoms with Gasteiger partial charge in [0.15, 0.2) is 0 Å². The molecule has 3 N–H and O–H groups in total. The maximum absolute atomic E-state index is 11.0. The van der Waals surface area contributed by atoms with E-state index >= 15 is 0 Å². The number of halogens is 1. The monoisotopic (exact) mass is 427 g/mol. The average Bonchev–Trinajstić information content (AvgIpc) is 3.28. The van der Waals surface area contributed by atoms with Gasteiger partial charge in [-0.15, -0.1) is 5.10 Å². The predicted molar refractivity (Wildman–Crippen MR) is 96.4 cm³/mol. The van der Waals surface area contributed by atoms with E-state index in [1.807, 2.05) is 30.3 Å². The van der Waals surface area contributed by atoms with Gasteiger partial charge in [0.1, 0.15) is 22.3 Å². The van der Waals surface area contributed by atoms with Gasteiger partial charge in [0.2, 0.25) is 11.8 Å². The molecule has 1 aromatic carbocycles. The lowest BCUT2D eigenvalue weighted by Gasteiger charge is -2.21. The topological polar surface area (TPSA) is 144 Å². The van der Waals surface area contributed by atoms with Crippen molar-refractivity contribution in [3.8, 4) is 23.2 Å². The molecular weight excluding hydrogens is 418 g/mol. The molecule has 1 atom stereocenters. The van der Waals surface area contributed by atoms with Crippen molar-refractivity contribution in [2.24, 2.45) is 5.73 Å². The first-order valence-electron chi connectivity index (χ1n) is 7.65. The molecule has 3 heterocycles. The molecule has 1 aliphatic rings. The number of rotatable bonds is 3. The van der Waals surface area contributed by atoms with Gasteiger partial charge < -0.3 is 14.9 Å². The molecule has 0 saturated heterocycles. The number of fused-ring (bicyclic) bond motifs is 1. The Morgan fingerprint density at radius 1 is 1.30 bits per heavy atom. The number of nitrogens with two attached hydrogens (primary N) is 1. The molecule has 0 saturated carbocycles. The number of ether oxygens (including phenoxy) is 1. The zero-order valence-corrected chi connectivity index (χ0v) is 15.1. The number of hydrogen-bond donors (Lipinski definition) is 2. The first kappa shape index (κ1) is 16.9. The van der Waals surface area contributed by atoms with Gasteiger partial charge in [-0.2, -0.15) is 5.26 Å². The van der Waals surface area contributed by atoms with E-state index in [0.717, 1.165) is 10.0 Å². The number of hydrogen-bond acceptors (Lipinski definition) is 7. The van der Waals surface area contributed by atoms with Gasteiger partial charge in [0.05, 0.1) is 23.2 Å². The summed E-state index contributed by atoms with van der Waals surface area (Å²) in [5.41, 5.74) is 7.87. The van der Waals surface area contributed by atoms with Crippen molar-refractivity contribution in [2.45, 2.75) is 5.92 Å². The highest BCUT2D eigenvalue weighted by Gasteiger charge is 2.38. The van der Waals surface area contributed by atoms with Crippen LogP contribution in [0.2, 0.25) is 0 Å². The van der Waals surface area contributed by atoms with Crippen molar-refractivity contribution in [1.82, 2.24) is 10.2 Å². The van der Waals surface area contributed by atoms with Crippen molar-refractivity contribution in [3.63, 3.8) is 0 Å². The average molecular weight is 428 g/mol. The quantitative estimate of drug-likeness (QED) is 0.479. The molecule has 0 aliphatic carbocycles. The van der Waals surface area contributed by atoms with E-state index in [1.165, 1.54) is 12.1 Å². The second kappa shape index (κ2) is 6.30. The highest BCUT2D eigenvalue weighted by molar-refractivity contribution is 9.10. The minimum Gasteiger partial charge on any atom is -0.420 e. The lowest BCUT2D eigenvalue weighted by atomic mass is 9.86. The van der Waals surface area contributed by atoms with E-state index in [9.17, 15) is 15.4 Å². The van der Waals surface area contributed by atoms with Crippen molar-refractivity contribution in [3.05, 3.63) is 73.8 Å². The molecule has 1 aliphatic heterocycles. The second-order valence-corrected chi connectivity index (χ2v) is 6.60. The molecule has 10 heteroatoms. The summed E-state index contributed by atoms with van der Waals surface area (Å²) in [7, 11) is 0. The van der Waals surface area contributed by atoms with Crippen LogP contribution in [-0.4, -0.2) is 15.1 Å². The highest BCUT2D eigenvalue weighted by Crippen LogP contribution is 2.46. The number of allylic oxidation sites excluding steroid dienone is 1. The van der Waals surface area contributed by atoms with Crippen LogP contribution in [0.25, 0.3) is 11.3 Å². The standard InChI is InChI=1S/C17H10BrN5O4/c18-9-3-1-8(2-4-9)15-14-13(11-5-6-12(26-11)23(24)25)10(7-19)16(20)27-17(14)22-21-15/h1-6,13H,20H2,(H,21,22)/t13-/m0/s1. The van der Waals surface area contributed by atoms with Crippen LogP contribution >= 0.6 is 15.9 Å². The normalized spacial score (nSPS) is 15.8. The molecule has 0 spiro atoms. The summed E-state index contributed by atoms with van der Waals surface area (Å²) >= 11 is 3.38. The van der Waals surface area contributed by atoms with Crippen LogP contribution in [0.5, 0.6) is 5.88 Å².